The highest BCUT2D eigenvalue weighted by atomic mass is 16.7. The molecule has 3 unspecified atom stereocenters. The summed E-state index contributed by atoms with van der Waals surface area (Å²) >= 11 is 0. The Morgan fingerprint density at radius 1 is 1.10 bits per heavy atom. The Bertz CT molecular complexity index is 437. The van der Waals surface area contributed by atoms with Gasteiger partial charge in [0.25, 0.3) is 0 Å². The van der Waals surface area contributed by atoms with Gasteiger partial charge in [0.05, 0.1) is 6.61 Å². The highest BCUT2D eigenvalue weighted by Gasteiger charge is 2.48. The summed E-state index contributed by atoms with van der Waals surface area (Å²) in [5, 5.41) is 20.1. The van der Waals surface area contributed by atoms with E-state index in [9.17, 15) is 10.2 Å². The van der Waals surface area contributed by atoms with E-state index >= 15 is 0 Å². The van der Waals surface area contributed by atoms with Crippen LogP contribution in [0.1, 0.15) is 11.9 Å². The molecule has 110 valence electrons. The van der Waals surface area contributed by atoms with Gasteiger partial charge in [0.1, 0.15) is 24.4 Å². The Morgan fingerprint density at radius 2 is 1.85 bits per heavy atom. The van der Waals surface area contributed by atoms with Crippen LogP contribution in [0, 0.1) is 0 Å². The molecule has 2 aliphatic rings. The van der Waals surface area contributed by atoms with E-state index in [1.807, 2.05) is 30.3 Å². The topological polar surface area (TPSA) is 77.4 Å². The highest BCUT2D eigenvalue weighted by molar-refractivity contribution is 5.16. The van der Waals surface area contributed by atoms with Gasteiger partial charge in [-0.25, -0.2) is 0 Å². The van der Waals surface area contributed by atoms with Crippen molar-refractivity contribution in [3.63, 3.8) is 0 Å². The summed E-state index contributed by atoms with van der Waals surface area (Å²) in [5.41, 5.74) is 0.863. The molecule has 20 heavy (non-hydrogen) atoms. The quantitative estimate of drug-likeness (QED) is 0.806. The maximum Gasteiger partial charge on any atom is 0.186 e. The molecule has 2 heterocycles. The van der Waals surface area contributed by atoms with Gasteiger partial charge in [-0.1, -0.05) is 30.3 Å². The number of hydrogen-bond acceptors (Lipinski definition) is 6. The van der Waals surface area contributed by atoms with Crippen molar-refractivity contribution in [3.05, 3.63) is 35.9 Å². The van der Waals surface area contributed by atoms with E-state index in [1.54, 1.807) is 0 Å². The monoisotopic (exact) mass is 282 g/mol. The highest BCUT2D eigenvalue weighted by Crippen LogP contribution is 2.33. The first-order valence-electron chi connectivity index (χ1n) is 6.57. The van der Waals surface area contributed by atoms with Crippen LogP contribution in [0.4, 0.5) is 0 Å². The van der Waals surface area contributed by atoms with E-state index in [1.165, 1.54) is 7.11 Å². The normalized spacial score (nSPS) is 41.1. The molecule has 0 aliphatic carbocycles. The lowest BCUT2D eigenvalue weighted by molar-refractivity contribution is -0.358. The average Bonchev–Trinajstić information content (AvgIpc) is 2.51. The molecule has 6 atom stereocenters. The van der Waals surface area contributed by atoms with E-state index in [-0.39, 0.29) is 6.61 Å². The molecule has 0 radical (unpaired) electrons. The van der Waals surface area contributed by atoms with Gasteiger partial charge >= 0.3 is 0 Å². The summed E-state index contributed by atoms with van der Waals surface area (Å²) in [5.74, 6) is 0. The van der Waals surface area contributed by atoms with E-state index in [2.05, 4.69) is 0 Å². The van der Waals surface area contributed by atoms with Crippen molar-refractivity contribution in [1.29, 1.82) is 0 Å². The molecule has 2 aliphatic heterocycles. The predicted molar refractivity (Wildman–Crippen MR) is 67.7 cm³/mol. The van der Waals surface area contributed by atoms with Gasteiger partial charge in [0, 0.05) is 12.7 Å². The first-order valence-corrected chi connectivity index (χ1v) is 6.57. The van der Waals surface area contributed by atoms with Crippen LogP contribution in [0.25, 0.3) is 0 Å². The Balaban J connectivity index is 1.74. The molecule has 1 aromatic rings. The van der Waals surface area contributed by atoms with Crippen LogP contribution in [0.5, 0.6) is 0 Å². The minimum absolute atomic E-state index is 0.272. The van der Waals surface area contributed by atoms with Gasteiger partial charge in [-0.3, -0.25) is 0 Å². The second-order valence-corrected chi connectivity index (χ2v) is 4.94. The fourth-order valence-electron chi connectivity index (χ4n) is 2.55. The zero-order valence-electron chi connectivity index (χ0n) is 11.1. The summed E-state index contributed by atoms with van der Waals surface area (Å²) in [7, 11) is 1.41. The third-order valence-electron chi connectivity index (χ3n) is 3.64. The lowest BCUT2D eigenvalue weighted by atomic mass is 9.98. The maximum absolute atomic E-state index is 10.1. The van der Waals surface area contributed by atoms with Gasteiger partial charge in [-0.15, -0.1) is 0 Å². The van der Waals surface area contributed by atoms with Gasteiger partial charge in [0.2, 0.25) is 0 Å². The summed E-state index contributed by atoms with van der Waals surface area (Å²) < 4.78 is 21.9. The minimum Gasteiger partial charge on any atom is -0.387 e. The first-order chi connectivity index (χ1) is 9.70. The number of fused-ring (bicyclic) bond motifs is 1. The number of aliphatic hydroxyl groups excluding tert-OH is 2. The van der Waals surface area contributed by atoms with E-state index in [0.29, 0.717) is 0 Å². The minimum atomic E-state index is -1.14. The van der Waals surface area contributed by atoms with Crippen LogP contribution >= 0.6 is 0 Å². The SMILES string of the molecule is COC1O[C@@H]2COC(c3ccccc3)O[C@H]2[C@H](O)C1O. The van der Waals surface area contributed by atoms with Crippen LogP contribution in [-0.4, -0.2) is 54.6 Å². The molecule has 3 rings (SSSR count). The molecule has 0 bridgehead atoms. The number of hydrogen-bond donors (Lipinski definition) is 2. The number of rotatable bonds is 2. The number of benzene rings is 1. The lowest BCUT2D eigenvalue weighted by Crippen LogP contribution is -2.62. The number of aliphatic hydroxyl groups is 2. The zero-order chi connectivity index (χ0) is 14.1. The molecule has 2 fully saturated rings. The van der Waals surface area contributed by atoms with Crippen LogP contribution in [0.3, 0.4) is 0 Å². The summed E-state index contributed by atoms with van der Waals surface area (Å²) in [6.45, 7) is 0.272. The molecule has 0 spiro atoms. The van der Waals surface area contributed by atoms with Gasteiger partial charge < -0.3 is 29.2 Å². The van der Waals surface area contributed by atoms with Crippen LogP contribution in [0.15, 0.2) is 30.3 Å². The standard InChI is InChI=1S/C14H18O6/c1-17-14-11(16)10(15)12-9(19-14)7-18-13(20-12)8-5-3-2-4-6-8/h2-6,9-16H,7H2,1H3/t9-,10-,11?,12-,13?,14?/m1/s1. The van der Waals surface area contributed by atoms with E-state index in [4.69, 9.17) is 18.9 Å². The maximum atomic E-state index is 10.1. The van der Waals surface area contributed by atoms with E-state index in [0.717, 1.165) is 5.56 Å². The van der Waals surface area contributed by atoms with Crippen LogP contribution in [0.2, 0.25) is 0 Å². The Hall–Kier alpha value is -1.02. The van der Waals surface area contributed by atoms with Crippen molar-refractivity contribution in [1.82, 2.24) is 0 Å². The number of ether oxygens (including phenoxy) is 4. The fourth-order valence-corrected chi connectivity index (χ4v) is 2.55. The molecule has 0 saturated carbocycles. The van der Waals surface area contributed by atoms with Crippen molar-refractivity contribution < 1.29 is 29.2 Å². The Kier molecular flexibility index (Phi) is 4.02. The molecule has 6 heteroatoms. The summed E-state index contributed by atoms with van der Waals surface area (Å²) in [6.07, 6.45) is -4.76. The predicted octanol–water partition coefficient (Wildman–Crippen LogP) is 0.194. The largest absolute Gasteiger partial charge is 0.387 e. The second kappa shape index (κ2) is 5.77. The van der Waals surface area contributed by atoms with Crippen LogP contribution < -0.4 is 0 Å². The summed E-state index contributed by atoms with van der Waals surface area (Å²) in [4.78, 5) is 0. The molecular formula is C14H18O6. The molecule has 2 N–H and O–H groups in total. The number of methoxy groups -OCH3 is 1. The lowest BCUT2D eigenvalue weighted by Gasteiger charge is -2.45. The Morgan fingerprint density at radius 3 is 2.55 bits per heavy atom. The van der Waals surface area contributed by atoms with Gasteiger partial charge in [0.15, 0.2) is 12.6 Å². The smallest absolute Gasteiger partial charge is 0.186 e. The zero-order valence-corrected chi connectivity index (χ0v) is 11.1. The molecule has 6 nitrogen and oxygen atoms in total. The van der Waals surface area contributed by atoms with Crippen molar-refractivity contribution in [2.75, 3.05) is 13.7 Å². The van der Waals surface area contributed by atoms with Gasteiger partial charge in [-0.05, 0) is 0 Å². The van der Waals surface area contributed by atoms with Crippen molar-refractivity contribution in [2.45, 2.75) is 37.0 Å². The average molecular weight is 282 g/mol. The molecular weight excluding hydrogens is 264 g/mol. The molecule has 1 aromatic carbocycles. The van der Waals surface area contributed by atoms with E-state index < -0.39 is 37.0 Å². The molecule has 0 aromatic heterocycles. The fraction of sp³-hybridized carbons (Fsp3) is 0.571. The second-order valence-electron chi connectivity index (χ2n) is 4.94. The third kappa shape index (κ3) is 2.46. The van der Waals surface area contributed by atoms with Crippen molar-refractivity contribution in [2.24, 2.45) is 0 Å². The first kappa shape index (κ1) is 13.9. The van der Waals surface area contributed by atoms with Crippen molar-refractivity contribution >= 4 is 0 Å². The van der Waals surface area contributed by atoms with Crippen LogP contribution in [-0.2, 0) is 18.9 Å². The molecule has 0 amide bonds. The Labute approximate surface area is 116 Å². The van der Waals surface area contributed by atoms with Gasteiger partial charge in [-0.2, -0.15) is 0 Å². The van der Waals surface area contributed by atoms with Crippen molar-refractivity contribution in [3.8, 4) is 0 Å². The third-order valence-corrected chi connectivity index (χ3v) is 3.64. The summed E-state index contributed by atoms with van der Waals surface area (Å²) in [6, 6.07) is 9.45. The molecule has 2 saturated heterocycles.